The zero-order valence-corrected chi connectivity index (χ0v) is 12.3. The van der Waals surface area contributed by atoms with Crippen molar-refractivity contribution in [1.29, 1.82) is 0 Å². The van der Waals surface area contributed by atoms with Crippen molar-refractivity contribution in [2.45, 2.75) is 26.2 Å². The molecule has 0 fully saturated rings. The van der Waals surface area contributed by atoms with E-state index in [0.717, 1.165) is 35.4 Å². The van der Waals surface area contributed by atoms with Gasteiger partial charge in [-0.1, -0.05) is 19.9 Å². The molecule has 1 N–H and O–H groups in total. The van der Waals surface area contributed by atoms with Gasteiger partial charge in [0.15, 0.2) is 5.65 Å². The summed E-state index contributed by atoms with van der Waals surface area (Å²) in [4.78, 5) is 4.44. The second kappa shape index (κ2) is 5.54. The minimum Gasteiger partial charge on any atom is -0.360 e. The molecule has 0 unspecified atom stereocenters. The van der Waals surface area contributed by atoms with Gasteiger partial charge in [-0.05, 0) is 12.1 Å². The van der Waals surface area contributed by atoms with Gasteiger partial charge < -0.3 is 5.32 Å². The summed E-state index contributed by atoms with van der Waals surface area (Å²) in [6.45, 7) is 4.95. The molecule has 3 aromatic heterocycles. The molecule has 0 aliphatic heterocycles. The standard InChI is InChI=1S/C13H16N6S/c1-9(2)12-15-13(20-18-12)14-7-6-11-17-16-10-5-3-4-8-19(10)11/h3-5,8-9H,6-7H2,1-2H3,(H,14,15,18). The predicted molar refractivity (Wildman–Crippen MR) is 79.2 cm³/mol. The van der Waals surface area contributed by atoms with Crippen molar-refractivity contribution in [2.24, 2.45) is 0 Å². The zero-order valence-electron chi connectivity index (χ0n) is 11.4. The SMILES string of the molecule is CC(C)c1nsc(NCCc2nnc3ccccn23)n1. The van der Waals surface area contributed by atoms with E-state index < -0.39 is 0 Å². The molecular formula is C13H16N6S. The lowest BCUT2D eigenvalue weighted by Crippen LogP contribution is -2.07. The van der Waals surface area contributed by atoms with Crippen LogP contribution in [-0.4, -0.2) is 30.5 Å². The first-order chi connectivity index (χ1) is 9.74. The molecule has 6 nitrogen and oxygen atoms in total. The van der Waals surface area contributed by atoms with Crippen LogP contribution in [0.25, 0.3) is 5.65 Å². The molecule has 0 spiro atoms. The third-order valence-electron chi connectivity index (χ3n) is 2.97. The molecule has 0 aliphatic carbocycles. The van der Waals surface area contributed by atoms with Crippen molar-refractivity contribution in [2.75, 3.05) is 11.9 Å². The van der Waals surface area contributed by atoms with Gasteiger partial charge in [-0.3, -0.25) is 4.40 Å². The Kier molecular flexibility index (Phi) is 3.60. The lowest BCUT2D eigenvalue weighted by Gasteiger charge is -2.01. The number of fused-ring (bicyclic) bond motifs is 1. The molecule has 104 valence electrons. The van der Waals surface area contributed by atoms with Crippen molar-refractivity contribution in [3.63, 3.8) is 0 Å². The second-order valence-corrected chi connectivity index (χ2v) is 5.59. The second-order valence-electron chi connectivity index (χ2n) is 4.83. The molecule has 0 aliphatic rings. The van der Waals surface area contributed by atoms with Gasteiger partial charge in [-0.2, -0.15) is 4.37 Å². The summed E-state index contributed by atoms with van der Waals surface area (Å²) >= 11 is 1.40. The van der Waals surface area contributed by atoms with Gasteiger partial charge in [0.2, 0.25) is 5.13 Å². The fraction of sp³-hybridized carbons (Fsp3) is 0.385. The Morgan fingerprint density at radius 2 is 2.20 bits per heavy atom. The van der Waals surface area contributed by atoms with Crippen LogP contribution in [0.2, 0.25) is 0 Å². The van der Waals surface area contributed by atoms with Crippen molar-refractivity contribution in [3.8, 4) is 0 Å². The molecule has 3 aromatic rings. The first kappa shape index (κ1) is 13.0. The molecule has 0 aromatic carbocycles. The number of rotatable bonds is 5. The van der Waals surface area contributed by atoms with Crippen molar-refractivity contribution in [1.82, 2.24) is 24.0 Å². The maximum atomic E-state index is 4.44. The Hall–Kier alpha value is -2.02. The number of pyridine rings is 1. The van der Waals surface area contributed by atoms with Crippen LogP contribution in [-0.2, 0) is 6.42 Å². The van der Waals surface area contributed by atoms with Gasteiger partial charge >= 0.3 is 0 Å². The molecule has 0 atom stereocenters. The van der Waals surface area contributed by atoms with Gasteiger partial charge in [-0.25, -0.2) is 4.98 Å². The molecule has 0 bridgehead atoms. The van der Waals surface area contributed by atoms with E-state index >= 15 is 0 Å². The Morgan fingerprint density at radius 3 is 3.00 bits per heavy atom. The summed E-state index contributed by atoms with van der Waals surface area (Å²) in [5.41, 5.74) is 0.875. The van der Waals surface area contributed by atoms with Gasteiger partial charge in [0.25, 0.3) is 0 Å². The van der Waals surface area contributed by atoms with Crippen molar-refractivity contribution in [3.05, 3.63) is 36.0 Å². The molecule has 0 saturated heterocycles. The minimum atomic E-state index is 0.363. The molecule has 0 saturated carbocycles. The zero-order chi connectivity index (χ0) is 13.9. The first-order valence-corrected chi connectivity index (χ1v) is 7.37. The number of nitrogens with zero attached hydrogens (tertiary/aromatic N) is 5. The van der Waals surface area contributed by atoms with Gasteiger partial charge in [0, 0.05) is 36.6 Å². The molecule has 0 amide bonds. The predicted octanol–water partition coefficient (Wildman–Crippen LogP) is 2.36. The molecular weight excluding hydrogens is 272 g/mol. The molecule has 3 heterocycles. The van der Waals surface area contributed by atoms with Crippen LogP contribution in [0.1, 0.15) is 31.4 Å². The highest BCUT2D eigenvalue weighted by Gasteiger charge is 2.08. The van der Waals surface area contributed by atoms with Crippen LogP contribution in [0.15, 0.2) is 24.4 Å². The number of hydrogen-bond acceptors (Lipinski definition) is 6. The summed E-state index contributed by atoms with van der Waals surface area (Å²) in [5, 5.41) is 12.5. The van der Waals surface area contributed by atoms with E-state index in [1.807, 2.05) is 28.8 Å². The van der Waals surface area contributed by atoms with E-state index in [1.165, 1.54) is 11.5 Å². The van der Waals surface area contributed by atoms with Gasteiger partial charge in [0.05, 0.1) is 0 Å². The normalized spacial score (nSPS) is 11.3. The van der Waals surface area contributed by atoms with Gasteiger partial charge in [0.1, 0.15) is 11.6 Å². The largest absolute Gasteiger partial charge is 0.360 e. The summed E-state index contributed by atoms with van der Waals surface area (Å²) in [5.74, 6) is 2.20. The fourth-order valence-electron chi connectivity index (χ4n) is 1.88. The van der Waals surface area contributed by atoms with Crippen LogP contribution < -0.4 is 5.32 Å². The number of nitrogens with one attached hydrogen (secondary N) is 1. The molecule has 20 heavy (non-hydrogen) atoms. The maximum absolute atomic E-state index is 4.44. The lowest BCUT2D eigenvalue weighted by atomic mass is 10.2. The summed E-state index contributed by atoms with van der Waals surface area (Å²) < 4.78 is 6.32. The Morgan fingerprint density at radius 1 is 1.30 bits per heavy atom. The third kappa shape index (κ3) is 2.62. The van der Waals surface area contributed by atoms with Crippen molar-refractivity contribution >= 4 is 22.3 Å². The Balaban J connectivity index is 1.62. The first-order valence-electron chi connectivity index (χ1n) is 6.60. The number of anilines is 1. The molecule has 0 radical (unpaired) electrons. The van der Waals surface area contributed by atoms with Crippen LogP contribution in [0.4, 0.5) is 5.13 Å². The van der Waals surface area contributed by atoms with E-state index in [4.69, 9.17) is 0 Å². The Bertz CT molecular complexity index is 702. The smallest absolute Gasteiger partial charge is 0.202 e. The lowest BCUT2D eigenvalue weighted by molar-refractivity contribution is 0.798. The summed E-state index contributed by atoms with van der Waals surface area (Å²) in [6.07, 6.45) is 2.77. The van der Waals surface area contributed by atoms with Crippen LogP contribution in [0.3, 0.4) is 0 Å². The molecule has 3 rings (SSSR count). The van der Waals surface area contributed by atoms with E-state index in [2.05, 4.69) is 38.7 Å². The average molecular weight is 288 g/mol. The van der Waals surface area contributed by atoms with Crippen LogP contribution >= 0.6 is 11.5 Å². The van der Waals surface area contributed by atoms with Crippen LogP contribution in [0, 0.1) is 0 Å². The average Bonchev–Trinajstić information content (AvgIpc) is 3.06. The van der Waals surface area contributed by atoms with E-state index in [0.29, 0.717) is 5.92 Å². The fourth-order valence-corrected chi connectivity index (χ4v) is 2.62. The van der Waals surface area contributed by atoms with E-state index in [-0.39, 0.29) is 0 Å². The summed E-state index contributed by atoms with van der Waals surface area (Å²) in [7, 11) is 0. The van der Waals surface area contributed by atoms with E-state index in [1.54, 1.807) is 0 Å². The van der Waals surface area contributed by atoms with E-state index in [9.17, 15) is 0 Å². The minimum absolute atomic E-state index is 0.363. The highest BCUT2D eigenvalue weighted by atomic mass is 32.1. The highest BCUT2D eigenvalue weighted by molar-refractivity contribution is 7.09. The molecule has 7 heteroatoms. The van der Waals surface area contributed by atoms with Crippen LogP contribution in [0.5, 0.6) is 0 Å². The number of aromatic nitrogens is 5. The highest BCUT2D eigenvalue weighted by Crippen LogP contribution is 2.17. The Labute approximate surface area is 121 Å². The third-order valence-corrected chi connectivity index (χ3v) is 3.65. The quantitative estimate of drug-likeness (QED) is 0.780. The summed E-state index contributed by atoms with van der Waals surface area (Å²) in [6, 6.07) is 5.89. The number of hydrogen-bond donors (Lipinski definition) is 1. The monoisotopic (exact) mass is 288 g/mol. The maximum Gasteiger partial charge on any atom is 0.202 e. The topological polar surface area (TPSA) is 68.0 Å². The van der Waals surface area contributed by atoms with Gasteiger partial charge in [-0.15, -0.1) is 10.2 Å². The van der Waals surface area contributed by atoms with Crippen molar-refractivity contribution < 1.29 is 0 Å².